The van der Waals surface area contributed by atoms with Crippen LogP contribution in [-0.4, -0.2) is 48.3 Å². The standard InChI is InChI=1S/C17H36N2O/c1-6-14(2)19-11-15(8-7-9-20)10-16(12-19)18-13-17(3,4)5/h14-16,18,20H,6-13H2,1-5H3. The molecule has 2 N–H and O–H groups in total. The third-order valence-electron chi connectivity index (χ3n) is 4.47. The molecular formula is C17H36N2O. The molecule has 0 aromatic heterocycles. The first-order valence-electron chi connectivity index (χ1n) is 8.44. The zero-order chi connectivity index (χ0) is 15.2. The van der Waals surface area contributed by atoms with Crippen molar-refractivity contribution in [1.29, 1.82) is 0 Å². The number of hydrogen-bond donors (Lipinski definition) is 2. The van der Waals surface area contributed by atoms with Crippen molar-refractivity contribution in [2.45, 2.75) is 72.4 Å². The lowest BCUT2D eigenvalue weighted by atomic mass is 9.88. The van der Waals surface area contributed by atoms with Crippen molar-refractivity contribution in [1.82, 2.24) is 10.2 Å². The molecule has 1 fully saturated rings. The summed E-state index contributed by atoms with van der Waals surface area (Å²) in [6.07, 6.45) is 4.60. The van der Waals surface area contributed by atoms with Gasteiger partial charge in [0.15, 0.2) is 0 Å². The number of piperidine rings is 1. The van der Waals surface area contributed by atoms with Crippen LogP contribution in [0.2, 0.25) is 0 Å². The SMILES string of the molecule is CCC(C)N1CC(CCCO)CC(NCC(C)(C)C)C1. The molecule has 0 amide bonds. The van der Waals surface area contributed by atoms with Crippen LogP contribution in [0.1, 0.15) is 60.3 Å². The summed E-state index contributed by atoms with van der Waals surface area (Å²) < 4.78 is 0. The van der Waals surface area contributed by atoms with E-state index in [1.165, 1.54) is 25.9 Å². The van der Waals surface area contributed by atoms with Gasteiger partial charge in [0.05, 0.1) is 0 Å². The highest BCUT2D eigenvalue weighted by Gasteiger charge is 2.29. The van der Waals surface area contributed by atoms with Gasteiger partial charge in [0.25, 0.3) is 0 Å². The van der Waals surface area contributed by atoms with Gasteiger partial charge in [-0.05, 0) is 43.9 Å². The van der Waals surface area contributed by atoms with Gasteiger partial charge in [0, 0.05) is 38.3 Å². The highest BCUT2D eigenvalue weighted by atomic mass is 16.2. The van der Waals surface area contributed by atoms with E-state index >= 15 is 0 Å². The van der Waals surface area contributed by atoms with Gasteiger partial charge in [0.2, 0.25) is 0 Å². The molecule has 0 radical (unpaired) electrons. The molecule has 0 bridgehead atoms. The summed E-state index contributed by atoms with van der Waals surface area (Å²) >= 11 is 0. The molecule has 0 spiro atoms. The van der Waals surface area contributed by atoms with E-state index < -0.39 is 0 Å². The summed E-state index contributed by atoms with van der Waals surface area (Å²) in [5.74, 6) is 0.738. The highest BCUT2D eigenvalue weighted by Crippen LogP contribution is 2.24. The molecule has 0 aliphatic carbocycles. The predicted octanol–water partition coefficient (Wildman–Crippen LogP) is 2.88. The Kier molecular flexibility index (Phi) is 7.49. The summed E-state index contributed by atoms with van der Waals surface area (Å²) in [6, 6.07) is 1.28. The Morgan fingerprint density at radius 3 is 2.55 bits per heavy atom. The summed E-state index contributed by atoms with van der Waals surface area (Å²) in [5.41, 5.74) is 0.346. The fourth-order valence-electron chi connectivity index (χ4n) is 3.05. The minimum absolute atomic E-state index is 0.333. The van der Waals surface area contributed by atoms with Crippen LogP contribution in [0.25, 0.3) is 0 Å². The number of nitrogens with zero attached hydrogens (tertiary/aromatic N) is 1. The largest absolute Gasteiger partial charge is 0.396 e. The molecular weight excluding hydrogens is 248 g/mol. The first kappa shape index (κ1) is 17.9. The summed E-state index contributed by atoms with van der Waals surface area (Å²) in [7, 11) is 0. The lowest BCUT2D eigenvalue weighted by molar-refractivity contribution is 0.0913. The topological polar surface area (TPSA) is 35.5 Å². The Labute approximate surface area is 126 Å². The highest BCUT2D eigenvalue weighted by molar-refractivity contribution is 4.86. The first-order valence-corrected chi connectivity index (χ1v) is 8.44. The molecule has 3 nitrogen and oxygen atoms in total. The average Bonchev–Trinajstić information content (AvgIpc) is 2.41. The van der Waals surface area contributed by atoms with Crippen molar-refractivity contribution in [2.24, 2.45) is 11.3 Å². The number of hydrogen-bond acceptors (Lipinski definition) is 3. The number of likely N-dealkylation sites (tertiary alicyclic amines) is 1. The molecule has 3 atom stereocenters. The lowest BCUT2D eigenvalue weighted by Gasteiger charge is -2.42. The Morgan fingerprint density at radius 2 is 2.00 bits per heavy atom. The number of aliphatic hydroxyl groups excluding tert-OH is 1. The van der Waals surface area contributed by atoms with Crippen LogP contribution in [-0.2, 0) is 0 Å². The Balaban J connectivity index is 2.54. The van der Waals surface area contributed by atoms with Crippen molar-refractivity contribution in [3.05, 3.63) is 0 Å². The maximum absolute atomic E-state index is 9.06. The van der Waals surface area contributed by atoms with Gasteiger partial charge < -0.3 is 10.4 Å². The molecule has 3 unspecified atom stereocenters. The second kappa shape index (κ2) is 8.35. The van der Waals surface area contributed by atoms with Gasteiger partial charge >= 0.3 is 0 Å². The fourth-order valence-corrected chi connectivity index (χ4v) is 3.05. The summed E-state index contributed by atoms with van der Waals surface area (Å²) in [6.45, 7) is 15.3. The monoisotopic (exact) mass is 284 g/mol. The summed E-state index contributed by atoms with van der Waals surface area (Å²) in [5, 5.41) is 12.8. The van der Waals surface area contributed by atoms with Crippen molar-refractivity contribution < 1.29 is 5.11 Å². The molecule has 1 rings (SSSR count). The molecule has 1 aliphatic heterocycles. The van der Waals surface area contributed by atoms with Crippen molar-refractivity contribution >= 4 is 0 Å². The molecule has 1 saturated heterocycles. The van der Waals surface area contributed by atoms with E-state index in [-0.39, 0.29) is 0 Å². The zero-order valence-corrected chi connectivity index (χ0v) is 14.3. The fraction of sp³-hybridized carbons (Fsp3) is 1.00. The third-order valence-corrected chi connectivity index (χ3v) is 4.47. The van der Waals surface area contributed by atoms with Crippen molar-refractivity contribution in [2.75, 3.05) is 26.2 Å². The van der Waals surface area contributed by atoms with Crippen LogP contribution in [0.3, 0.4) is 0 Å². The van der Waals surface area contributed by atoms with Crippen LogP contribution in [0.15, 0.2) is 0 Å². The van der Waals surface area contributed by atoms with Gasteiger partial charge in [-0.3, -0.25) is 4.90 Å². The van der Waals surface area contributed by atoms with Crippen LogP contribution < -0.4 is 5.32 Å². The van der Waals surface area contributed by atoms with Crippen LogP contribution >= 0.6 is 0 Å². The lowest BCUT2D eigenvalue weighted by Crippen LogP contribution is -2.53. The molecule has 20 heavy (non-hydrogen) atoms. The van der Waals surface area contributed by atoms with Gasteiger partial charge in [0.1, 0.15) is 0 Å². The van der Waals surface area contributed by atoms with Gasteiger partial charge in [-0.25, -0.2) is 0 Å². The molecule has 1 aliphatic rings. The maximum Gasteiger partial charge on any atom is 0.0431 e. The van der Waals surface area contributed by atoms with E-state index in [1.807, 2.05) is 0 Å². The predicted molar refractivity (Wildman–Crippen MR) is 87.0 cm³/mol. The normalized spacial score (nSPS) is 26.7. The van der Waals surface area contributed by atoms with Gasteiger partial charge in [-0.1, -0.05) is 27.7 Å². The van der Waals surface area contributed by atoms with E-state index in [4.69, 9.17) is 5.11 Å². The van der Waals surface area contributed by atoms with Gasteiger partial charge in [-0.2, -0.15) is 0 Å². The number of nitrogens with one attached hydrogen (secondary N) is 1. The quantitative estimate of drug-likeness (QED) is 0.754. The minimum atomic E-state index is 0.333. The second-order valence-corrected chi connectivity index (χ2v) is 7.82. The molecule has 0 aromatic rings. The Morgan fingerprint density at radius 1 is 1.30 bits per heavy atom. The Bertz CT molecular complexity index is 262. The Hall–Kier alpha value is -0.120. The van der Waals surface area contributed by atoms with Crippen LogP contribution in [0.5, 0.6) is 0 Å². The third kappa shape index (κ3) is 6.55. The van der Waals surface area contributed by atoms with Crippen molar-refractivity contribution in [3.8, 4) is 0 Å². The van der Waals surface area contributed by atoms with E-state index in [2.05, 4.69) is 44.8 Å². The maximum atomic E-state index is 9.06. The smallest absolute Gasteiger partial charge is 0.0431 e. The zero-order valence-electron chi connectivity index (χ0n) is 14.3. The molecule has 1 heterocycles. The van der Waals surface area contributed by atoms with Crippen LogP contribution in [0.4, 0.5) is 0 Å². The minimum Gasteiger partial charge on any atom is -0.396 e. The average molecular weight is 284 g/mol. The molecule has 0 saturated carbocycles. The van der Waals surface area contributed by atoms with Gasteiger partial charge in [-0.15, -0.1) is 0 Å². The first-order chi connectivity index (χ1) is 9.35. The number of rotatable bonds is 7. The van der Waals surface area contributed by atoms with Crippen molar-refractivity contribution in [3.63, 3.8) is 0 Å². The molecule has 3 heteroatoms. The van der Waals surface area contributed by atoms with Crippen LogP contribution in [0, 0.1) is 11.3 Å². The molecule has 0 aromatic carbocycles. The summed E-state index contributed by atoms with van der Waals surface area (Å²) in [4.78, 5) is 2.64. The van der Waals surface area contributed by atoms with E-state index in [1.54, 1.807) is 0 Å². The second-order valence-electron chi connectivity index (χ2n) is 7.82. The molecule has 120 valence electrons. The van der Waals surface area contributed by atoms with E-state index in [0.29, 0.717) is 24.1 Å². The van der Waals surface area contributed by atoms with E-state index in [9.17, 15) is 0 Å². The number of aliphatic hydroxyl groups is 1. The van der Waals surface area contributed by atoms with E-state index in [0.717, 1.165) is 25.3 Å².